The minimum Gasteiger partial charge on any atom is -0.357 e. The largest absolute Gasteiger partial charge is 0.357 e. The molecule has 3 aromatic rings. The number of nitrogens with zero attached hydrogens (tertiary/aromatic N) is 2. The van der Waals surface area contributed by atoms with Gasteiger partial charge in [0, 0.05) is 25.0 Å². The molecule has 0 unspecified atom stereocenters. The Morgan fingerprint density at radius 2 is 1.59 bits per heavy atom. The molecule has 196 valence electrons. The van der Waals surface area contributed by atoms with Gasteiger partial charge in [-0.1, -0.05) is 60.1 Å². The summed E-state index contributed by atoms with van der Waals surface area (Å²) in [7, 11) is -2.29. The number of amides is 2. The molecule has 2 amide bonds. The Morgan fingerprint density at radius 3 is 2.19 bits per heavy atom. The molecule has 1 N–H and O–H groups in total. The summed E-state index contributed by atoms with van der Waals surface area (Å²) < 4.78 is 26.7. The van der Waals surface area contributed by atoms with Crippen LogP contribution in [-0.4, -0.2) is 51.0 Å². The molecule has 0 spiro atoms. The molecule has 0 saturated carbocycles. The number of hydrogen-bond acceptors (Lipinski definition) is 4. The fourth-order valence-electron chi connectivity index (χ4n) is 4.05. The van der Waals surface area contributed by atoms with Crippen LogP contribution in [-0.2, 0) is 32.6 Å². The van der Waals surface area contributed by atoms with Crippen molar-refractivity contribution in [2.24, 2.45) is 0 Å². The van der Waals surface area contributed by atoms with Crippen LogP contribution in [0.2, 0.25) is 5.02 Å². The second kappa shape index (κ2) is 12.3. The van der Waals surface area contributed by atoms with Crippen LogP contribution in [0.4, 0.5) is 5.69 Å². The number of carbonyl (C=O) groups excluding carboxylic acids is 2. The molecule has 1 atom stereocenters. The van der Waals surface area contributed by atoms with E-state index in [1.54, 1.807) is 30.3 Å². The quantitative estimate of drug-likeness (QED) is 0.418. The lowest BCUT2D eigenvalue weighted by atomic mass is 10.0. The van der Waals surface area contributed by atoms with E-state index in [0.717, 1.165) is 32.8 Å². The van der Waals surface area contributed by atoms with Crippen LogP contribution in [0.15, 0.2) is 72.8 Å². The molecule has 0 fully saturated rings. The fourth-order valence-corrected chi connectivity index (χ4v) is 5.10. The number of anilines is 1. The van der Waals surface area contributed by atoms with Crippen LogP contribution in [0.3, 0.4) is 0 Å². The van der Waals surface area contributed by atoms with Gasteiger partial charge in [0.2, 0.25) is 21.8 Å². The van der Waals surface area contributed by atoms with Crippen molar-refractivity contribution in [3.63, 3.8) is 0 Å². The molecule has 0 bridgehead atoms. The SMILES string of the molecule is CNC(=O)[C@H](Cc1ccccc1)N(Cc1cccc(Cl)c1)C(=O)CN(c1ccc(C)c(C)c1)S(C)(=O)=O. The lowest BCUT2D eigenvalue weighted by Crippen LogP contribution is -2.52. The zero-order valence-electron chi connectivity index (χ0n) is 21.4. The highest BCUT2D eigenvalue weighted by Crippen LogP contribution is 2.23. The van der Waals surface area contributed by atoms with Gasteiger partial charge in [-0.15, -0.1) is 0 Å². The third-order valence-electron chi connectivity index (χ3n) is 6.22. The summed E-state index contributed by atoms with van der Waals surface area (Å²) in [6.45, 7) is 3.44. The van der Waals surface area contributed by atoms with E-state index in [0.29, 0.717) is 10.7 Å². The monoisotopic (exact) mass is 541 g/mol. The van der Waals surface area contributed by atoms with Crippen molar-refractivity contribution in [3.05, 3.63) is 100 Å². The first-order valence-electron chi connectivity index (χ1n) is 11.8. The van der Waals surface area contributed by atoms with Gasteiger partial charge < -0.3 is 10.2 Å². The van der Waals surface area contributed by atoms with Crippen LogP contribution in [0.5, 0.6) is 0 Å². The number of carbonyl (C=O) groups is 2. The van der Waals surface area contributed by atoms with E-state index < -0.39 is 28.5 Å². The number of benzene rings is 3. The molecule has 0 aliphatic rings. The molecule has 0 radical (unpaired) electrons. The second-order valence-corrected chi connectivity index (χ2v) is 11.4. The van der Waals surface area contributed by atoms with Gasteiger partial charge in [-0.05, 0) is 60.4 Å². The Kier molecular flexibility index (Phi) is 9.34. The minimum atomic E-state index is -3.80. The normalized spacial score (nSPS) is 12.0. The summed E-state index contributed by atoms with van der Waals surface area (Å²) in [5.74, 6) is -0.857. The number of hydrogen-bond donors (Lipinski definition) is 1. The molecule has 9 heteroatoms. The highest BCUT2D eigenvalue weighted by atomic mass is 35.5. The maximum Gasteiger partial charge on any atom is 0.244 e. The van der Waals surface area contributed by atoms with E-state index in [1.165, 1.54) is 11.9 Å². The van der Waals surface area contributed by atoms with Crippen molar-refractivity contribution >= 4 is 39.1 Å². The Balaban J connectivity index is 2.04. The lowest BCUT2D eigenvalue weighted by molar-refractivity contribution is -0.139. The van der Waals surface area contributed by atoms with Gasteiger partial charge in [0.25, 0.3) is 0 Å². The van der Waals surface area contributed by atoms with Crippen LogP contribution >= 0.6 is 11.6 Å². The summed E-state index contributed by atoms with van der Waals surface area (Å²) in [5, 5.41) is 3.15. The molecule has 3 aromatic carbocycles. The lowest BCUT2D eigenvalue weighted by Gasteiger charge is -2.33. The van der Waals surface area contributed by atoms with Crippen molar-refractivity contribution in [2.75, 3.05) is 24.2 Å². The third-order valence-corrected chi connectivity index (χ3v) is 7.59. The molecule has 3 rings (SSSR count). The standard InChI is InChI=1S/C28H32ClN3O4S/c1-20-13-14-25(15-21(20)2)32(37(4,35)36)19-27(33)31(18-23-11-8-12-24(29)16-23)26(28(34)30-3)17-22-9-6-5-7-10-22/h5-16,26H,17-19H2,1-4H3,(H,30,34)/t26-/m0/s1. The first-order valence-corrected chi connectivity index (χ1v) is 14.1. The minimum absolute atomic E-state index is 0.0782. The van der Waals surface area contributed by atoms with Gasteiger partial charge in [-0.25, -0.2) is 8.42 Å². The number of halogens is 1. The molecule has 7 nitrogen and oxygen atoms in total. The van der Waals surface area contributed by atoms with Gasteiger partial charge in [-0.3, -0.25) is 13.9 Å². The highest BCUT2D eigenvalue weighted by Gasteiger charge is 2.32. The second-order valence-electron chi connectivity index (χ2n) is 9.01. The Hall–Kier alpha value is -3.36. The molecule has 0 saturated heterocycles. The van der Waals surface area contributed by atoms with Gasteiger partial charge in [0.1, 0.15) is 12.6 Å². The predicted molar refractivity (Wildman–Crippen MR) is 148 cm³/mol. The van der Waals surface area contributed by atoms with Crippen LogP contribution in [0.25, 0.3) is 0 Å². The van der Waals surface area contributed by atoms with Crippen molar-refractivity contribution in [3.8, 4) is 0 Å². The van der Waals surface area contributed by atoms with E-state index >= 15 is 0 Å². The number of sulfonamides is 1. The Morgan fingerprint density at radius 1 is 0.919 bits per heavy atom. The number of aryl methyl sites for hydroxylation is 2. The third kappa shape index (κ3) is 7.57. The zero-order chi connectivity index (χ0) is 27.2. The van der Waals surface area contributed by atoms with Crippen molar-refractivity contribution in [2.45, 2.75) is 32.9 Å². The van der Waals surface area contributed by atoms with Gasteiger partial charge in [0.05, 0.1) is 11.9 Å². The van der Waals surface area contributed by atoms with Crippen LogP contribution < -0.4 is 9.62 Å². The summed E-state index contributed by atoms with van der Waals surface area (Å²) in [6.07, 6.45) is 1.33. The maximum absolute atomic E-state index is 13.9. The molecular weight excluding hydrogens is 510 g/mol. The first kappa shape index (κ1) is 28.2. The van der Waals surface area contributed by atoms with Gasteiger partial charge in [0.15, 0.2) is 0 Å². The number of likely N-dealkylation sites (N-methyl/N-ethyl adjacent to an activating group) is 1. The van der Waals surface area contributed by atoms with Gasteiger partial charge in [-0.2, -0.15) is 0 Å². The van der Waals surface area contributed by atoms with Crippen LogP contribution in [0, 0.1) is 13.8 Å². The fraction of sp³-hybridized carbons (Fsp3) is 0.286. The summed E-state index contributed by atoms with van der Waals surface area (Å²) >= 11 is 6.19. The van der Waals surface area contributed by atoms with Crippen LogP contribution in [0.1, 0.15) is 22.3 Å². The van der Waals surface area contributed by atoms with Gasteiger partial charge >= 0.3 is 0 Å². The van der Waals surface area contributed by atoms with E-state index in [-0.39, 0.29) is 18.9 Å². The van der Waals surface area contributed by atoms with E-state index in [9.17, 15) is 18.0 Å². The average molecular weight is 542 g/mol. The Labute approximate surface area is 224 Å². The maximum atomic E-state index is 13.9. The van der Waals surface area contributed by atoms with E-state index in [4.69, 9.17) is 11.6 Å². The first-order chi connectivity index (χ1) is 17.5. The highest BCUT2D eigenvalue weighted by molar-refractivity contribution is 7.92. The summed E-state index contributed by atoms with van der Waals surface area (Å²) in [4.78, 5) is 28.4. The summed E-state index contributed by atoms with van der Waals surface area (Å²) in [6, 6.07) is 20.8. The molecule has 0 aliphatic heterocycles. The molecule has 0 aliphatic carbocycles. The molecule has 0 aromatic heterocycles. The topological polar surface area (TPSA) is 86.8 Å². The molecule has 37 heavy (non-hydrogen) atoms. The number of nitrogens with one attached hydrogen (secondary N) is 1. The Bertz CT molecular complexity index is 1360. The summed E-state index contributed by atoms with van der Waals surface area (Å²) in [5.41, 5.74) is 3.89. The van der Waals surface area contributed by atoms with Crippen molar-refractivity contribution < 1.29 is 18.0 Å². The molecule has 0 heterocycles. The predicted octanol–water partition coefficient (Wildman–Crippen LogP) is 4.11. The average Bonchev–Trinajstić information content (AvgIpc) is 2.86. The van der Waals surface area contributed by atoms with Crippen molar-refractivity contribution in [1.29, 1.82) is 0 Å². The van der Waals surface area contributed by atoms with Crippen molar-refractivity contribution in [1.82, 2.24) is 10.2 Å². The smallest absolute Gasteiger partial charge is 0.244 e. The van der Waals surface area contributed by atoms with E-state index in [1.807, 2.05) is 56.3 Å². The zero-order valence-corrected chi connectivity index (χ0v) is 23.0. The molecular formula is C28H32ClN3O4S. The number of rotatable bonds is 10. The van der Waals surface area contributed by atoms with E-state index in [2.05, 4.69) is 5.32 Å².